The molecule has 3 aromatic rings. The molecule has 3 rings (SSSR count). The second-order valence-corrected chi connectivity index (χ2v) is 5.60. The van der Waals surface area contributed by atoms with Gasteiger partial charge < -0.3 is 10.6 Å². The zero-order valence-electron chi connectivity index (χ0n) is 14.1. The summed E-state index contributed by atoms with van der Waals surface area (Å²) in [5, 5.41) is 13.4. The molecule has 8 heteroatoms. The Balaban J connectivity index is 1.87. The number of aromatic nitrogens is 3. The number of anilines is 4. The molecule has 0 fully saturated rings. The molecule has 5 nitrogen and oxygen atoms in total. The van der Waals surface area contributed by atoms with Crippen LogP contribution < -0.4 is 10.6 Å². The number of nitrogens with one attached hydrogen (secondary N) is 2. The predicted octanol–water partition coefficient (Wildman–Crippen LogP) is 4.65. The van der Waals surface area contributed by atoms with Crippen LogP contribution >= 0.6 is 0 Å². The van der Waals surface area contributed by atoms with Crippen LogP contribution in [0.1, 0.15) is 18.1 Å². The van der Waals surface area contributed by atoms with E-state index in [9.17, 15) is 13.2 Å². The molecule has 1 heterocycles. The SMILES string of the molecule is CCc1cccc(C)c1Nc1nncc(Nc2ccc(F)c(F)c2F)n1. The van der Waals surface area contributed by atoms with Crippen molar-refractivity contribution in [1.29, 1.82) is 0 Å². The molecule has 0 spiro atoms. The van der Waals surface area contributed by atoms with Gasteiger partial charge in [-0.15, -0.1) is 5.10 Å². The summed E-state index contributed by atoms with van der Waals surface area (Å²) in [5.74, 6) is -3.81. The number of hydrogen-bond acceptors (Lipinski definition) is 5. The molecule has 0 atom stereocenters. The van der Waals surface area contributed by atoms with Gasteiger partial charge >= 0.3 is 0 Å². The van der Waals surface area contributed by atoms with Crippen molar-refractivity contribution >= 4 is 23.1 Å². The third kappa shape index (κ3) is 3.58. The molecule has 134 valence electrons. The zero-order valence-corrected chi connectivity index (χ0v) is 14.1. The Hall–Kier alpha value is -3.16. The first-order valence-electron chi connectivity index (χ1n) is 7.95. The third-order valence-corrected chi connectivity index (χ3v) is 3.83. The van der Waals surface area contributed by atoms with E-state index in [2.05, 4.69) is 25.8 Å². The number of hydrogen-bond donors (Lipinski definition) is 2. The standard InChI is InChI=1S/C18H16F3N5/c1-3-11-6-4-5-10(2)17(11)25-18-24-14(9-22-26-18)23-13-8-7-12(19)15(20)16(13)21/h4-9H,3H2,1-2H3,(H2,23,24,25,26). The first kappa shape index (κ1) is 17.7. The van der Waals surface area contributed by atoms with E-state index < -0.39 is 17.5 Å². The van der Waals surface area contributed by atoms with E-state index in [0.29, 0.717) is 0 Å². The lowest BCUT2D eigenvalue weighted by atomic mass is 10.1. The van der Waals surface area contributed by atoms with Gasteiger partial charge in [-0.05, 0) is 36.6 Å². The third-order valence-electron chi connectivity index (χ3n) is 3.83. The summed E-state index contributed by atoms with van der Waals surface area (Å²) in [6.07, 6.45) is 2.07. The minimum absolute atomic E-state index is 0.138. The molecule has 0 saturated heterocycles. The van der Waals surface area contributed by atoms with E-state index in [0.717, 1.165) is 35.4 Å². The molecule has 26 heavy (non-hydrogen) atoms. The van der Waals surface area contributed by atoms with Crippen molar-refractivity contribution in [2.45, 2.75) is 20.3 Å². The van der Waals surface area contributed by atoms with Crippen LogP contribution in [0.5, 0.6) is 0 Å². The molecule has 0 radical (unpaired) electrons. The van der Waals surface area contributed by atoms with Crippen molar-refractivity contribution in [1.82, 2.24) is 15.2 Å². The summed E-state index contributed by atoms with van der Waals surface area (Å²) in [5.41, 5.74) is 2.71. The van der Waals surface area contributed by atoms with Crippen molar-refractivity contribution in [3.63, 3.8) is 0 Å². The van der Waals surface area contributed by atoms with Crippen LogP contribution in [0.15, 0.2) is 36.5 Å². The smallest absolute Gasteiger partial charge is 0.249 e. The molecule has 0 amide bonds. The van der Waals surface area contributed by atoms with Crippen LogP contribution in [-0.2, 0) is 6.42 Å². The van der Waals surface area contributed by atoms with Crippen molar-refractivity contribution in [2.24, 2.45) is 0 Å². The topological polar surface area (TPSA) is 62.7 Å². The van der Waals surface area contributed by atoms with Gasteiger partial charge in [0.2, 0.25) is 5.95 Å². The molecule has 0 unspecified atom stereocenters. The van der Waals surface area contributed by atoms with Gasteiger partial charge in [0.15, 0.2) is 23.3 Å². The Morgan fingerprint density at radius 3 is 2.58 bits per heavy atom. The number of benzene rings is 2. The molecule has 1 aromatic heterocycles. The lowest BCUT2D eigenvalue weighted by Gasteiger charge is -2.13. The predicted molar refractivity (Wildman–Crippen MR) is 93.3 cm³/mol. The Labute approximate surface area is 148 Å². The average Bonchev–Trinajstić information content (AvgIpc) is 2.64. The maximum absolute atomic E-state index is 13.8. The van der Waals surface area contributed by atoms with E-state index >= 15 is 0 Å². The summed E-state index contributed by atoms with van der Waals surface area (Å²) in [6.45, 7) is 3.98. The highest BCUT2D eigenvalue weighted by Crippen LogP contribution is 2.25. The number of rotatable bonds is 5. The Morgan fingerprint density at radius 2 is 1.81 bits per heavy atom. The fourth-order valence-electron chi connectivity index (χ4n) is 2.49. The highest BCUT2D eigenvalue weighted by molar-refractivity contribution is 5.64. The molecule has 0 aliphatic heterocycles. The van der Waals surface area contributed by atoms with E-state index in [1.54, 1.807) is 0 Å². The Kier molecular flexibility index (Phi) is 5.01. The Morgan fingerprint density at radius 1 is 1.00 bits per heavy atom. The maximum Gasteiger partial charge on any atom is 0.249 e. The van der Waals surface area contributed by atoms with Crippen LogP contribution in [0.25, 0.3) is 0 Å². The van der Waals surface area contributed by atoms with Gasteiger partial charge in [-0.2, -0.15) is 10.1 Å². The summed E-state index contributed by atoms with van der Waals surface area (Å²) < 4.78 is 40.2. The molecule has 0 aliphatic carbocycles. The molecule has 0 saturated carbocycles. The first-order chi connectivity index (χ1) is 12.5. The van der Waals surface area contributed by atoms with Crippen molar-refractivity contribution < 1.29 is 13.2 Å². The molecular formula is C18H16F3N5. The van der Waals surface area contributed by atoms with Gasteiger partial charge in [0.1, 0.15) is 0 Å². The highest BCUT2D eigenvalue weighted by Gasteiger charge is 2.14. The molecule has 2 N–H and O–H groups in total. The maximum atomic E-state index is 13.8. The number of aryl methyl sites for hydroxylation is 2. The normalized spacial score (nSPS) is 10.7. The van der Waals surface area contributed by atoms with Gasteiger partial charge in [-0.3, -0.25) is 0 Å². The summed E-state index contributed by atoms with van der Waals surface area (Å²) in [4.78, 5) is 4.19. The summed E-state index contributed by atoms with van der Waals surface area (Å²) in [6, 6.07) is 7.81. The van der Waals surface area contributed by atoms with E-state index in [-0.39, 0.29) is 17.5 Å². The van der Waals surface area contributed by atoms with Gasteiger partial charge in [0.25, 0.3) is 0 Å². The van der Waals surface area contributed by atoms with E-state index in [4.69, 9.17) is 0 Å². The second-order valence-electron chi connectivity index (χ2n) is 5.60. The fraction of sp³-hybridized carbons (Fsp3) is 0.167. The van der Waals surface area contributed by atoms with E-state index in [1.807, 2.05) is 32.0 Å². The number of para-hydroxylation sites is 1. The van der Waals surface area contributed by atoms with Gasteiger partial charge in [-0.25, -0.2) is 13.2 Å². The van der Waals surface area contributed by atoms with Crippen molar-refractivity contribution in [3.8, 4) is 0 Å². The average molecular weight is 359 g/mol. The lowest BCUT2D eigenvalue weighted by Crippen LogP contribution is -2.06. The van der Waals surface area contributed by atoms with Gasteiger partial charge in [-0.1, -0.05) is 25.1 Å². The van der Waals surface area contributed by atoms with Crippen LogP contribution in [0, 0.1) is 24.4 Å². The van der Waals surface area contributed by atoms with Gasteiger partial charge in [0, 0.05) is 5.69 Å². The summed E-state index contributed by atoms with van der Waals surface area (Å²) in [7, 11) is 0. The number of nitrogens with zero attached hydrogens (tertiary/aromatic N) is 3. The van der Waals surface area contributed by atoms with E-state index in [1.165, 1.54) is 6.20 Å². The number of halogens is 3. The molecular weight excluding hydrogens is 343 g/mol. The van der Waals surface area contributed by atoms with Crippen LogP contribution in [-0.4, -0.2) is 15.2 Å². The zero-order chi connectivity index (χ0) is 18.7. The monoisotopic (exact) mass is 359 g/mol. The lowest BCUT2D eigenvalue weighted by molar-refractivity contribution is 0.449. The van der Waals surface area contributed by atoms with Gasteiger partial charge in [0.05, 0.1) is 11.9 Å². The fourth-order valence-corrected chi connectivity index (χ4v) is 2.49. The minimum atomic E-state index is -1.55. The Bertz CT molecular complexity index is 946. The molecule has 2 aromatic carbocycles. The van der Waals surface area contributed by atoms with Crippen molar-refractivity contribution in [2.75, 3.05) is 10.6 Å². The largest absolute Gasteiger partial charge is 0.336 e. The minimum Gasteiger partial charge on any atom is -0.336 e. The van der Waals surface area contributed by atoms with Crippen LogP contribution in [0.2, 0.25) is 0 Å². The molecule has 0 aliphatic rings. The van der Waals surface area contributed by atoms with Crippen molar-refractivity contribution in [3.05, 3.63) is 65.1 Å². The first-order valence-corrected chi connectivity index (χ1v) is 7.95. The highest BCUT2D eigenvalue weighted by atomic mass is 19.2. The quantitative estimate of drug-likeness (QED) is 0.650. The second kappa shape index (κ2) is 7.38. The molecule has 0 bridgehead atoms. The summed E-state index contributed by atoms with van der Waals surface area (Å²) >= 11 is 0. The van der Waals surface area contributed by atoms with Crippen LogP contribution in [0.3, 0.4) is 0 Å². The van der Waals surface area contributed by atoms with Crippen LogP contribution in [0.4, 0.5) is 36.3 Å².